The molecule has 366 valence electrons. The van der Waals surface area contributed by atoms with Crippen molar-refractivity contribution in [2.45, 2.75) is 203 Å². The number of esters is 2. The maximum absolute atomic E-state index is 12.5. The topological polar surface area (TPSA) is 93.1 Å². The van der Waals surface area contributed by atoms with E-state index in [4.69, 9.17) is 9.47 Å². The van der Waals surface area contributed by atoms with Gasteiger partial charge < -0.3 is 19.7 Å². The van der Waals surface area contributed by atoms with Gasteiger partial charge in [-0.05, 0) is 81.4 Å². The average Bonchev–Trinajstić information content (AvgIpc) is 3.20. The van der Waals surface area contributed by atoms with E-state index < -0.39 is 11.9 Å². The lowest BCUT2D eigenvalue weighted by Crippen LogP contribution is -2.22. The molecular weight excluding hydrogens is 829 g/mol. The fraction of sp³-hybridized carbons (Fsp3) is 0.508. The van der Waals surface area contributed by atoms with Crippen molar-refractivity contribution in [1.29, 1.82) is 0 Å². The van der Waals surface area contributed by atoms with Crippen LogP contribution in [-0.2, 0) is 48.5 Å². The highest BCUT2D eigenvalue weighted by Gasteiger charge is 2.33. The number of hydrogen-bond acceptors (Lipinski definition) is 6. The van der Waals surface area contributed by atoms with Crippen LogP contribution in [0.4, 0.5) is 0 Å². The zero-order valence-electron chi connectivity index (χ0n) is 45.4. The third kappa shape index (κ3) is 13.5. The standard InChI is InChI=1S/C33H48O3.C28H38O3/c1-15-27(34)36-29-24(17-22(31(6,7)8)19-26(29)33(12,13)14)20(2)23-16-21(30(3,4)5)18-25(28(23)35)32(9,10)11;1-10-24(29)31-26-21(14-19(5)16-23(26)28(8,9)12-3)17-20-13-18(4)15-22(25(20)30)27(6,7)11-2/h15-20,35H,1H2,2-14H3;10,13-16,30H,1,11-12,17H2,2-9H3. The number of aromatic hydroxyl groups is 2. The van der Waals surface area contributed by atoms with Crippen molar-refractivity contribution < 1.29 is 29.3 Å². The Kier molecular flexibility index (Phi) is 17.3. The molecule has 2 N–H and O–H groups in total. The second-order valence-corrected chi connectivity index (χ2v) is 24.1. The molecule has 0 amide bonds. The van der Waals surface area contributed by atoms with E-state index in [0.717, 1.165) is 74.0 Å². The second-order valence-electron chi connectivity index (χ2n) is 24.1. The molecular formula is C61H86O6. The number of hydrogen-bond donors (Lipinski definition) is 2. The first kappa shape index (κ1) is 56.2. The minimum atomic E-state index is -0.486. The Balaban J connectivity index is 0.000000359. The van der Waals surface area contributed by atoms with Crippen LogP contribution in [-0.4, -0.2) is 22.2 Å². The Labute approximate surface area is 406 Å². The number of phenols is 2. The fourth-order valence-electron chi connectivity index (χ4n) is 8.21. The summed E-state index contributed by atoms with van der Waals surface area (Å²) in [5.41, 5.74) is 10.9. The van der Waals surface area contributed by atoms with Crippen molar-refractivity contribution in [2.75, 3.05) is 0 Å². The SMILES string of the molecule is C=CC(=O)Oc1c(C(C)c2cc(C(C)(C)C)cc(C(C)(C)C)c2O)cc(C(C)(C)C)cc1C(C)(C)C.C=CC(=O)Oc1c(Cc2cc(C)cc(C(C)(C)CC)c2O)cc(C)cc1C(C)(C)CC. The lowest BCUT2D eigenvalue weighted by molar-refractivity contribution is -0.130. The van der Waals surface area contributed by atoms with Gasteiger partial charge >= 0.3 is 11.9 Å². The van der Waals surface area contributed by atoms with E-state index in [1.165, 1.54) is 17.7 Å². The minimum Gasteiger partial charge on any atom is -0.507 e. The van der Waals surface area contributed by atoms with Crippen LogP contribution in [0.25, 0.3) is 0 Å². The summed E-state index contributed by atoms with van der Waals surface area (Å²) in [5.74, 6) is 0.605. The molecule has 0 fully saturated rings. The Morgan fingerprint density at radius 3 is 1.36 bits per heavy atom. The Hall–Kier alpha value is -5.10. The molecule has 0 aromatic heterocycles. The molecule has 6 nitrogen and oxygen atoms in total. The van der Waals surface area contributed by atoms with Gasteiger partial charge in [-0.1, -0.05) is 204 Å². The molecule has 4 aromatic carbocycles. The molecule has 0 bridgehead atoms. The van der Waals surface area contributed by atoms with Crippen molar-refractivity contribution in [3.8, 4) is 23.0 Å². The summed E-state index contributed by atoms with van der Waals surface area (Å²) in [7, 11) is 0. The molecule has 1 atom stereocenters. The maximum Gasteiger partial charge on any atom is 0.335 e. The largest absolute Gasteiger partial charge is 0.507 e. The first-order valence-corrected chi connectivity index (χ1v) is 24.2. The molecule has 6 heteroatoms. The minimum absolute atomic E-state index is 0.0931. The summed E-state index contributed by atoms with van der Waals surface area (Å²) in [4.78, 5) is 24.7. The van der Waals surface area contributed by atoms with Crippen molar-refractivity contribution in [3.05, 3.63) is 141 Å². The summed E-state index contributed by atoms with van der Waals surface area (Å²) in [6.07, 6.45) is 4.70. The third-order valence-electron chi connectivity index (χ3n) is 13.5. The number of benzene rings is 4. The molecule has 67 heavy (non-hydrogen) atoms. The van der Waals surface area contributed by atoms with Gasteiger partial charge in [0.1, 0.15) is 23.0 Å². The summed E-state index contributed by atoms with van der Waals surface area (Å²) in [6.45, 7) is 52.1. The van der Waals surface area contributed by atoms with Gasteiger partial charge in [-0.2, -0.15) is 0 Å². The second kappa shape index (κ2) is 20.6. The summed E-state index contributed by atoms with van der Waals surface area (Å²) >= 11 is 0. The highest BCUT2D eigenvalue weighted by atomic mass is 16.5. The van der Waals surface area contributed by atoms with Crippen molar-refractivity contribution in [3.63, 3.8) is 0 Å². The van der Waals surface area contributed by atoms with Gasteiger partial charge in [-0.25, -0.2) is 9.59 Å². The molecule has 4 aromatic rings. The van der Waals surface area contributed by atoms with Crippen LogP contribution >= 0.6 is 0 Å². The van der Waals surface area contributed by atoms with Crippen LogP contribution in [0.3, 0.4) is 0 Å². The third-order valence-corrected chi connectivity index (χ3v) is 13.5. The molecule has 0 spiro atoms. The number of aryl methyl sites for hydroxylation is 2. The van der Waals surface area contributed by atoms with Crippen LogP contribution in [0.2, 0.25) is 0 Å². The number of phenolic OH excluding ortho intramolecular Hbond substituents is 2. The van der Waals surface area contributed by atoms with E-state index in [-0.39, 0.29) is 38.4 Å². The van der Waals surface area contributed by atoms with Gasteiger partial charge in [0.2, 0.25) is 0 Å². The van der Waals surface area contributed by atoms with Gasteiger partial charge in [-0.15, -0.1) is 0 Å². The van der Waals surface area contributed by atoms with E-state index in [9.17, 15) is 19.8 Å². The van der Waals surface area contributed by atoms with E-state index in [1.54, 1.807) is 0 Å². The lowest BCUT2D eigenvalue weighted by atomic mass is 9.74. The molecule has 0 radical (unpaired) electrons. The van der Waals surface area contributed by atoms with Crippen LogP contribution in [0.15, 0.2) is 73.8 Å². The van der Waals surface area contributed by atoms with Gasteiger partial charge in [0.05, 0.1) is 0 Å². The van der Waals surface area contributed by atoms with Crippen molar-refractivity contribution in [1.82, 2.24) is 0 Å². The van der Waals surface area contributed by atoms with Gasteiger partial charge in [0.15, 0.2) is 0 Å². The lowest BCUT2D eigenvalue weighted by Gasteiger charge is -2.32. The molecule has 0 saturated carbocycles. The number of rotatable bonds is 12. The molecule has 0 heterocycles. The molecule has 0 saturated heterocycles. The Morgan fingerprint density at radius 2 is 0.925 bits per heavy atom. The summed E-state index contributed by atoms with van der Waals surface area (Å²) < 4.78 is 11.8. The van der Waals surface area contributed by atoms with E-state index in [0.29, 0.717) is 29.4 Å². The fourth-order valence-corrected chi connectivity index (χ4v) is 8.21. The quantitative estimate of drug-likeness (QED) is 0.0835. The Morgan fingerprint density at radius 1 is 0.522 bits per heavy atom. The predicted octanol–water partition coefficient (Wildman–Crippen LogP) is 15.9. The maximum atomic E-state index is 12.5. The van der Waals surface area contributed by atoms with E-state index in [2.05, 4.69) is 195 Å². The highest BCUT2D eigenvalue weighted by Crippen LogP contribution is 2.48. The number of ether oxygens (including phenoxy) is 2. The Bertz CT molecular complexity index is 2460. The molecule has 0 aliphatic heterocycles. The highest BCUT2D eigenvalue weighted by molar-refractivity contribution is 5.85. The first-order chi connectivity index (χ1) is 30.4. The average molecular weight is 915 g/mol. The normalized spacial score (nSPS) is 13.0. The summed E-state index contributed by atoms with van der Waals surface area (Å²) in [5, 5.41) is 22.8. The van der Waals surface area contributed by atoms with Crippen molar-refractivity contribution in [2.24, 2.45) is 0 Å². The van der Waals surface area contributed by atoms with Gasteiger partial charge in [0, 0.05) is 57.9 Å². The monoisotopic (exact) mass is 915 g/mol. The molecule has 1 unspecified atom stereocenters. The summed E-state index contributed by atoms with van der Waals surface area (Å²) in [6, 6.07) is 16.8. The molecule has 0 aliphatic carbocycles. The zero-order valence-corrected chi connectivity index (χ0v) is 45.4. The number of carbonyl (C=O) groups excluding carboxylic acids is 2. The zero-order chi connectivity index (χ0) is 51.6. The van der Waals surface area contributed by atoms with E-state index in [1.807, 2.05) is 12.1 Å². The van der Waals surface area contributed by atoms with Crippen LogP contribution < -0.4 is 9.47 Å². The predicted molar refractivity (Wildman–Crippen MR) is 282 cm³/mol. The van der Waals surface area contributed by atoms with Crippen LogP contribution in [0.1, 0.15) is 217 Å². The number of carbonyl (C=O) groups is 2. The molecule has 4 rings (SSSR count). The van der Waals surface area contributed by atoms with Gasteiger partial charge in [0.25, 0.3) is 0 Å². The molecule has 0 aliphatic rings. The first-order valence-electron chi connectivity index (χ1n) is 24.2. The van der Waals surface area contributed by atoms with Crippen molar-refractivity contribution >= 4 is 11.9 Å². The van der Waals surface area contributed by atoms with Crippen LogP contribution in [0, 0.1) is 13.8 Å². The van der Waals surface area contributed by atoms with E-state index >= 15 is 0 Å². The smallest absolute Gasteiger partial charge is 0.335 e. The van der Waals surface area contributed by atoms with Gasteiger partial charge in [-0.3, -0.25) is 0 Å². The van der Waals surface area contributed by atoms with Crippen LogP contribution in [0.5, 0.6) is 23.0 Å².